The van der Waals surface area contributed by atoms with Gasteiger partial charge in [-0.05, 0) is 30.7 Å². The molecule has 1 aromatic rings. The van der Waals surface area contributed by atoms with E-state index in [9.17, 15) is 4.79 Å². The third kappa shape index (κ3) is 1.78. The number of amides is 1. The standard InChI is InChI=1S/C12H13BrN2O2/c13-8-1-3-9(4-2-8)14-6-10-5-11(7-14)15(10)12(16)17/h1-4,10-11H,5-7H2,(H,16,17). The van der Waals surface area contributed by atoms with Crippen LogP contribution in [0.2, 0.25) is 0 Å². The number of carbonyl (C=O) groups is 1. The van der Waals surface area contributed by atoms with Crippen molar-refractivity contribution in [3.05, 3.63) is 28.7 Å². The van der Waals surface area contributed by atoms with Crippen LogP contribution < -0.4 is 4.90 Å². The number of rotatable bonds is 1. The molecule has 1 aromatic carbocycles. The molecular formula is C12H13BrN2O2. The molecule has 1 N–H and O–H groups in total. The van der Waals surface area contributed by atoms with Gasteiger partial charge in [0.1, 0.15) is 0 Å². The number of fused-ring (bicyclic) bond motifs is 2. The highest BCUT2D eigenvalue weighted by Crippen LogP contribution is 2.34. The van der Waals surface area contributed by atoms with E-state index in [0.717, 1.165) is 24.0 Å². The van der Waals surface area contributed by atoms with Crippen LogP contribution in [0.25, 0.3) is 0 Å². The van der Waals surface area contributed by atoms with Gasteiger partial charge in [-0.2, -0.15) is 0 Å². The molecule has 1 amide bonds. The molecule has 3 aliphatic heterocycles. The molecule has 3 saturated heterocycles. The van der Waals surface area contributed by atoms with Gasteiger partial charge in [0.05, 0.1) is 12.1 Å². The summed E-state index contributed by atoms with van der Waals surface area (Å²) in [4.78, 5) is 14.8. The topological polar surface area (TPSA) is 43.8 Å². The number of hydrogen-bond donors (Lipinski definition) is 1. The molecule has 3 fully saturated rings. The highest BCUT2D eigenvalue weighted by atomic mass is 79.9. The third-order valence-electron chi connectivity index (χ3n) is 3.61. The minimum Gasteiger partial charge on any atom is -0.465 e. The second-order valence-corrected chi connectivity index (χ2v) is 5.53. The molecule has 0 saturated carbocycles. The van der Waals surface area contributed by atoms with Crippen molar-refractivity contribution in [2.75, 3.05) is 18.0 Å². The van der Waals surface area contributed by atoms with Crippen LogP contribution in [0, 0.1) is 0 Å². The Bertz CT molecular complexity index is 436. The Hall–Kier alpha value is -1.23. The van der Waals surface area contributed by atoms with Crippen molar-refractivity contribution in [2.24, 2.45) is 0 Å². The normalized spacial score (nSPS) is 26.6. The van der Waals surface area contributed by atoms with Crippen molar-refractivity contribution < 1.29 is 9.90 Å². The zero-order valence-electron chi connectivity index (χ0n) is 9.21. The highest BCUT2D eigenvalue weighted by molar-refractivity contribution is 9.10. The van der Waals surface area contributed by atoms with Crippen molar-refractivity contribution in [1.29, 1.82) is 0 Å². The highest BCUT2D eigenvalue weighted by Gasteiger charge is 2.47. The van der Waals surface area contributed by atoms with Crippen LogP contribution in [0.15, 0.2) is 28.7 Å². The number of hydrogen-bond acceptors (Lipinski definition) is 2. The van der Waals surface area contributed by atoms with Gasteiger partial charge in [-0.25, -0.2) is 4.79 Å². The summed E-state index contributed by atoms with van der Waals surface area (Å²) in [5.41, 5.74) is 1.17. The van der Waals surface area contributed by atoms with E-state index in [0.29, 0.717) is 0 Å². The first kappa shape index (κ1) is 10.9. The monoisotopic (exact) mass is 296 g/mol. The minimum absolute atomic E-state index is 0.176. The minimum atomic E-state index is -0.776. The zero-order chi connectivity index (χ0) is 12.0. The summed E-state index contributed by atoms with van der Waals surface area (Å²) < 4.78 is 1.07. The molecular weight excluding hydrogens is 284 g/mol. The third-order valence-corrected chi connectivity index (χ3v) is 4.13. The van der Waals surface area contributed by atoms with Gasteiger partial charge in [-0.1, -0.05) is 15.9 Å². The summed E-state index contributed by atoms with van der Waals surface area (Å²) >= 11 is 3.41. The molecule has 5 heteroatoms. The van der Waals surface area contributed by atoms with E-state index in [1.54, 1.807) is 4.90 Å². The first-order chi connectivity index (χ1) is 8.15. The van der Waals surface area contributed by atoms with Crippen LogP contribution in [0.4, 0.5) is 10.5 Å². The lowest BCUT2D eigenvalue weighted by Crippen LogP contribution is -2.70. The Morgan fingerprint density at radius 2 is 1.82 bits per heavy atom. The van der Waals surface area contributed by atoms with Gasteiger partial charge in [0.15, 0.2) is 0 Å². The van der Waals surface area contributed by atoms with Crippen molar-refractivity contribution in [3.63, 3.8) is 0 Å². The Labute approximate surface area is 108 Å². The van der Waals surface area contributed by atoms with E-state index in [4.69, 9.17) is 5.11 Å². The van der Waals surface area contributed by atoms with E-state index in [1.807, 2.05) is 12.1 Å². The van der Waals surface area contributed by atoms with Crippen molar-refractivity contribution in [1.82, 2.24) is 4.90 Å². The molecule has 2 atom stereocenters. The Balaban J connectivity index is 1.74. The van der Waals surface area contributed by atoms with Crippen LogP contribution in [0.3, 0.4) is 0 Å². The van der Waals surface area contributed by atoms with E-state index < -0.39 is 6.09 Å². The average molecular weight is 297 g/mol. The van der Waals surface area contributed by atoms with E-state index >= 15 is 0 Å². The SMILES string of the molecule is O=C(O)N1C2CC1CN(c1ccc(Br)cc1)C2. The second kappa shape index (κ2) is 3.91. The van der Waals surface area contributed by atoms with Gasteiger partial charge in [-0.15, -0.1) is 0 Å². The smallest absolute Gasteiger partial charge is 0.407 e. The maximum absolute atomic E-state index is 11.0. The number of piperidine rings is 1. The van der Waals surface area contributed by atoms with Crippen LogP contribution in [-0.4, -0.2) is 41.3 Å². The fourth-order valence-electron chi connectivity index (χ4n) is 2.78. The Morgan fingerprint density at radius 3 is 2.35 bits per heavy atom. The maximum Gasteiger partial charge on any atom is 0.407 e. The first-order valence-corrected chi connectivity index (χ1v) is 6.46. The van der Waals surface area contributed by atoms with Gasteiger partial charge in [0.25, 0.3) is 0 Å². The van der Waals surface area contributed by atoms with Crippen molar-refractivity contribution in [2.45, 2.75) is 18.5 Å². The molecule has 2 unspecified atom stereocenters. The molecule has 3 heterocycles. The van der Waals surface area contributed by atoms with Crippen molar-refractivity contribution >= 4 is 27.7 Å². The molecule has 0 aliphatic carbocycles. The molecule has 4 nitrogen and oxygen atoms in total. The van der Waals surface area contributed by atoms with Gasteiger partial charge in [0.2, 0.25) is 0 Å². The number of anilines is 1. The zero-order valence-corrected chi connectivity index (χ0v) is 10.8. The second-order valence-electron chi connectivity index (χ2n) is 4.61. The summed E-state index contributed by atoms with van der Waals surface area (Å²) in [6.45, 7) is 1.62. The molecule has 17 heavy (non-hydrogen) atoms. The quantitative estimate of drug-likeness (QED) is 0.865. The lowest BCUT2D eigenvalue weighted by molar-refractivity contribution is 0.0115. The average Bonchev–Trinajstić information content (AvgIpc) is 2.29. The number of halogens is 1. The Kier molecular flexibility index (Phi) is 2.50. The van der Waals surface area contributed by atoms with Crippen LogP contribution >= 0.6 is 15.9 Å². The summed E-state index contributed by atoms with van der Waals surface area (Å²) in [5, 5.41) is 9.03. The Morgan fingerprint density at radius 1 is 1.24 bits per heavy atom. The summed E-state index contributed by atoms with van der Waals surface area (Å²) in [5.74, 6) is 0. The fourth-order valence-corrected chi connectivity index (χ4v) is 3.05. The molecule has 2 bridgehead atoms. The molecule has 3 aliphatic rings. The summed E-state index contributed by atoms with van der Waals surface area (Å²) in [6.07, 6.45) is 0.237. The number of piperazine rings is 1. The predicted octanol–water partition coefficient (Wildman–Crippen LogP) is 2.39. The van der Waals surface area contributed by atoms with Gasteiger partial charge in [0, 0.05) is 23.2 Å². The summed E-state index contributed by atoms with van der Waals surface area (Å²) in [7, 11) is 0. The lowest BCUT2D eigenvalue weighted by atomic mass is 9.88. The van der Waals surface area contributed by atoms with E-state index in [1.165, 1.54) is 5.69 Å². The van der Waals surface area contributed by atoms with Crippen LogP contribution in [0.5, 0.6) is 0 Å². The maximum atomic E-state index is 11.0. The molecule has 0 radical (unpaired) electrons. The number of nitrogens with zero attached hydrogens (tertiary/aromatic N) is 2. The molecule has 90 valence electrons. The van der Waals surface area contributed by atoms with E-state index in [2.05, 4.69) is 33.0 Å². The molecule has 0 aromatic heterocycles. The number of carboxylic acid groups (broad SMARTS) is 1. The van der Waals surface area contributed by atoms with Crippen molar-refractivity contribution in [3.8, 4) is 0 Å². The lowest BCUT2D eigenvalue weighted by Gasteiger charge is -2.55. The molecule has 0 spiro atoms. The number of benzene rings is 1. The van der Waals surface area contributed by atoms with Gasteiger partial charge < -0.3 is 10.0 Å². The van der Waals surface area contributed by atoms with Gasteiger partial charge >= 0.3 is 6.09 Å². The van der Waals surface area contributed by atoms with E-state index in [-0.39, 0.29) is 12.1 Å². The first-order valence-electron chi connectivity index (χ1n) is 5.67. The van der Waals surface area contributed by atoms with Crippen LogP contribution in [0.1, 0.15) is 6.42 Å². The summed E-state index contributed by atoms with van der Waals surface area (Å²) in [6, 6.07) is 8.53. The largest absolute Gasteiger partial charge is 0.465 e. The predicted molar refractivity (Wildman–Crippen MR) is 68.4 cm³/mol. The fraction of sp³-hybridized carbons (Fsp3) is 0.417. The molecule has 4 rings (SSSR count). The van der Waals surface area contributed by atoms with Crippen LogP contribution in [-0.2, 0) is 0 Å². The van der Waals surface area contributed by atoms with Gasteiger partial charge in [-0.3, -0.25) is 4.90 Å².